The molecule has 7 nitrogen and oxygen atoms in total. The number of guanidine groups is 1. The molecule has 1 aromatic carbocycles. The van der Waals surface area contributed by atoms with E-state index in [-0.39, 0.29) is 41.9 Å². The number of piperidine rings is 1. The lowest BCUT2D eigenvalue weighted by atomic mass is 10.1. The van der Waals surface area contributed by atoms with Crippen LogP contribution in [0.4, 0.5) is 13.6 Å². The van der Waals surface area contributed by atoms with Crippen molar-refractivity contribution in [2.75, 3.05) is 26.2 Å². The highest BCUT2D eigenvalue weighted by Gasteiger charge is 2.24. The lowest BCUT2D eigenvalue weighted by molar-refractivity contribution is -0.0498. The molecule has 0 radical (unpaired) electrons. The molecule has 10 heteroatoms. The Balaban J connectivity index is 0.00000420. The number of ether oxygens (including phenoxy) is 2. The van der Waals surface area contributed by atoms with E-state index < -0.39 is 6.61 Å². The molecule has 1 fully saturated rings. The van der Waals surface area contributed by atoms with E-state index in [1.165, 1.54) is 6.07 Å². The van der Waals surface area contributed by atoms with E-state index in [1.807, 2.05) is 13.0 Å². The molecule has 1 aliphatic heterocycles. The van der Waals surface area contributed by atoms with Gasteiger partial charge in [0.15, 0.2) is 5.96 Å². The Morgan fingerprint density at radius 3 is 2.66 bits per heavy atom. The molecule has 1 aromatic rings. The van der Waals surface area contributed by atoms with E-state index in [9.17, 15) is 13.6 Å². The van der Waals surface area contributed by atoms with Gasteiger partial charge < -0.3 is 25.0 Å². The number of nitrogens with zero attached hydrogens (tertiary/aromatic N) is 2. The number of carbonyl (C=O) groups is 1. The number of aliphatic imine (C=N–C) groups is 1. The van der Waals surface area contributed by atoms with Gasteiger partial charge in [-0.1, -0.05) is 12.1 Å². The van der Waals surface area contributed by atoms with E-state index >= 15 is 0 Å². The number of likely N-dealkylation sites (tertiary alicyclic amines) is 1. The standard InChI is InChI=1S/C19H28F2N4O3.HI/c1-3-22-18(23-13-14-6-5-7-16(12-14)28-17(20)21)24-15-8-10-25(11-9-15)19(26)27-4-2;/h5-7,12,15,17H,3-4,8-11,13H2,1-2H3,(H2,22,23,24);1H. The van der Waals surface area contributed by atoms with Gasteiger partial charge in [0.2, 0.25) is 0 Å². The maximum absolute atomic E-state index is 12.3. The Morgan fingerprint density at radius 2 is 2.03 bits per heavy atom. The van der Waals surface area contributed by atoms with Crippen molar-refractivity contribution in [3.63, 3.8) is 0 Å². The summed E-state index contributed by atoms with van der Waals surface area (Å²) in [6.07, 6.45) is 1.31. The van der Waals surface area contributed by atoms with Crippen molar-refractivity contribution >= 4 is 36.0 Å². The first-order valence-electron chi connectivity index (χ1n) is 9.52. The number of amides is 1. The quantitative estimate of drug-likeness (QED) is 0.323. The Morgan fingerprint density at radius 1 is 1.31 bits per heavy atom. The van der Waals surface area contributed by atoms with Crippen LogP contribution < -0.4 is 15.4 Å². The van der Waals surface area contributed by atoms with E-state index in [0.717, 1.165) is 18.4 Å². The normalized spacial score (nSPS) is 14.9. The molecular formula is C19H29F2IN4O3. The molecule has 2 rings (SSSR count). The summed E-state index contributed by atoms with van der Waals surface area (Å²) in [7, 11) is 0. The van der Waals surface area contributed by atoms with Gasteiger partial charge in [-0.25, -0.2) is 9.79 Å². The van der Waals surface area contributed by atoms with Gasteiger partial charge in [0.25, 0.3) is 0 Å². The first-order valence-corrected chi connectivity index (χ1v) is 9.52. The fraction of sp³-hybridized carbons (Fsp3) is 0.579. The Hall–Kier alpha value is -1.85. The first kappa shape index (κ1) is 25.2. The predicted molar refractivity (Wildman–Crippen MR) is 118 cm³/mol. The minimum Gasteiger partial charge on any atom is -0.450 e. The van der Waals surface area contributed by atoms with Crippen molar-refractivity contribution in [3.8, 4) is 5.75 Å². The monoisotopic (exact) mass is 526 g/mol. The van der Waals surface area contributed by atoms with Crippen LogP contribution in [0.1, 0.15) is 32.3 Å². The zero-order chi connectivity index (χ0) is 20.4. The summed E-state index contributed by atoms with van der Waals surface area (Å²) in [4.78, 5) is 18.0. The number of rotatable bonds is 7. The smallest absolute Gasteiger partial charge is 0.409 e. The average Bonchev–Trinajstić information content (AvgIpc) is 2.67. The molecule has 1 aliphatic rings. The maximum Gasteiger partial charge on any atom is 0.409 e. The highest BCUT2D eigenvalue weighted by atomic mass is 127. The Bertz CT molecular complexity index is 656. The molecule has 0 aliphatic carbocycles. The number of halogens is 3. The molecule has 0 unspecified atom stereocenters. The van der Waals surface area contributed by atoms with Crippen molar-refractivity contribution in [3.05, 3.63) is 29.8 Å². The topological polar surface area (TPSA) is 75.2 Å². The van der Waals surface area contributed by atoms with Gasteiger partial charge >= 0.3 is 12.7 Å². The third-order valence-electron chi connectivity index (χ3n) is 4.25. The maximum atomic E-state index is 12.3. The summed E-state index contributed by atoms with van der Waals surface area (Å²) in [6.45, 7) is 3.57. The molecular weight excluding hydrogens is 497 g/mol. The molecule has 0 bridgehead atoms. The van der Waals surface area contributed by atoms with Gasteiger partial charge in [-0.05, 0) is 44.4 Å². The Labute approximate surface area is 187 Å². The predicted octanol–water partition coefficient (Wildman–Crippen LogP) is 3.58. The zero-order valence-electron chi connectivity index (χ0n) is 16.7. The molecule has 0 spiro atoms. The van der Waals surface area contributed by atoms with Gasteiger partial charge in [-0.3, -0.25) is 0 Å². The van der Waals surface area contributed by atoms with Gasteiger partial charge in [-0.15, -0.1) is 24.0 Å². The molecule has 29 heavy (non-hydrogen) atoms. The number of carbonyl (C=O) groups excluding carboxylic acids is 1. The second kappa shape index (κ2) is 13.4. The molecule has 0 saturated carbocycles. The number of hydrogen-bond acceptors (Lipinski definition) is 4. The summed E-state index contributed by atoms with van der Waals surface area (Å²) in [5.74, 6) is 0.768. The summed E-state index contributed by atoms with van der Waals surface area (Å²) in [6, 6.07) is 6.70. The molecule has 0 aromatic heterocycles. The largest absolute Gasteiger partial charge is 0.450 e. The third kappa shape index (κ3) is 9.01. The van der Waals surface area contributed by atoms with Crippen LogP contribution in [0.25, 0.3) is 0 Å². The summed E-state index contributed by atoms with van der Waals surface area (Å²) >= 11 is 0. The lowest BCUT2D eigenvalue weighted by Crippen LogP contribution is -2.49. The molecule has 1 heterocycles. The molecule has 164 valence electrons. The zero-order valence-corrected chi connectivity index (χ0v) is 19.0. The minimum absolute atomic E-state index is 0. The second-order valence-electron chi connectivity index (χ2n) is 6.33. The fourth-order valence-corrected chi connectivity index (χ4v) is 2.92. The van der Waals surface area contributed by atoms with Crippen LogP contribution in [0.2, 0.25) is 0 Å². The van der Waals surface area contributed by atoms with Crippen LogP contribution >= 0.6 is 24.0 Å². The number of hydrogen-bond donors (Lipinski definition) is 2. The van der Waals surface area contributed by atoms with E-state index in [0.29, 0.717) is 38.7 Å². The molecule has 0 atom stereocenters. The van der Waals surface area contributed by atoms with E-state index in [1.54, 1.807) is 24.0 Å². The van der Waals surface area contributed by atoms with E-state index in [4.69, 9.17) is 4.74 Å². The van der Waals surface area contributed by atoms with Crippen molar-refractivity contribution in [2.24, 2.45) is 4.99 Å². The van der Waals surface area contributed by atoms with Crippen LogP contribution in [0.3, 0.4) is 0 Å². The third-order valence-corrected chi connectivity index (χ3v) is 4.25. The molecule has 1 amide bonds. The van der Waals surface area contributed by atoms with Gasteiger partial charge in [0.05, 0.1) is 13.2 Å². The second-order valence-corrected chi connectivity index (χ2v) is 6.33. The lowest BCUT2D eigenvalue weighted by Gasteiger charge is -2.32. The van der Waals surface area contributed by atoms with Crippen molar-refractivity contribution in [1.29, 1.82) is 0 Å². The van der Waals surface area contributed by atoms with Crippen LogP contribution in [0.5, 0.6) is 5.75 Å². The van der Waals surface area contributed by atoms with Crippen LogP contribution in [0.15, 0.2) is 29.3 Å². The summed E-state index contributed by atoms with van der Waals surface area (Å²) in [5.41, 5.74) is 0.771. The number of benzene rings is 1. The van der Waals surface area contributed by atoms with Crippen molar-refractivity contribution in [1.82, 2.24) is 15.5 Å². The minimum atomic E-state index is -2.85. The summed E-state index contributed by atoms with van der Waals surface area (Å²) < 4.78 is 34.1. The van der Waals surface area contributed by atoms with Crippen molar-refractivity contribution < 1.29 is 23.0 Å². The highest BCUT2D eigenvalue weighted by Crippen LogP contribution is 2.16. The highest BCUT2D eigenvalue weighted by molar-refractivity contribution is 14.0. The number of nitrogens with one attached hydrogen (secondary N) is 2. The van der Waals surface area contributed by atoms with Crippen LogP contribution in [-0.2, 0) is 11.3 Å². The van der Waals surface area contributed by atoms with Gasteiger partial charge in [-0.2, -0.15) is 8.78 Å². The van der Waals surface area contributed by atoms with Gasteiger partial charge in [0.1, 0.15) is 5.75 Å². The van der Waals surface area contributed by atoms with E-state index in [2.05, 4.69) is 20.4 Å². The SMILES string of the molecule is CCNC(=NCc1cccc(OC(F)F)c1)NC1CCN(C(=O)OCC)CC1.I. The molecule has 2 N–H and O–H groups in total. The fourth-order valence-electron chi connectivity index (χ4n) is 2.92. The van der Waals surface area contributed by atoms with Crippen molar-refractivity contribution in [2.45, 2.75) is 45.9 Å². The Kier molecular flexibility index (Phi) is 11.6. The average molecular weight is 526 g/mol. The van der Waals surface area contributed by atoms with Crippen LogP contribution in [-0.4, -0.2) is 55.8 Å². The van der Waals surface area contributed by atoms with Crippen LogP contribution in [0, 0.1) is 0 Å². The first-order chi connectivity index (χ1) is 13.5. The van der Waals surface area contributed by atoms with Gasteiger partial charge in [0, 0.05) is 25.7 Å². The summed E-state index contributed by atoms with van der Waals surface area (Å²) in [5, 5.41) is 6.56. The molecule has 1 saturated heterocycles. The number of alkyl halides is 2.